The second-order valence-electron chi connectivity index (χ2n) is 8.61. The second-order valence-corrected chi connectivity index (χ2v) is 8.61. The summed E-state index contributed by atoms with van der Waals surface area (Å²) in [4.78, 5) is 26.5. The van der Waals surface area contributed by atoms with Crippen LogP contribution in [-0.4, -0.2) is 16.7 Å². The smallest absolute Gasteiger partial charge is 0.254 e. The van der Waals surface area contributed by atoms with Gasteiger partial charge in [-0.25, -0.2) is 0 Å². The van der Waals surface area contributed by atoms with E-state index in [1.54, 1.807) is 0 Å². The number of unbranched alkanes of at least 4 members (excludes halogenated alkanes) is 3. The molecule has 1 heterocycles. The summed E-state index contributed by atoms with van der Waals surface area (Å²) < 4.78 is 0. The molecule has 0 fully saturated rings. The van der Waals surface area contributed by atoms with Crippen LogP contribution in [0.2, 0.25) is 0 Å². The van der Waals surface area contributed by atoms with Gasteiger partial charge in [-0.05, 0) is 54.2 Å². The summed E-state index contributed by atoms with van der Waals surface area (Å²) in [5.74, 6) is -0.302. The van der Waals surface area contributed by atoms with E-state index < -0.39 is 0 Å². The number of hydrogen-bond donors (Lipinski definition) is 0. The number of carbonyl (C=O) groups is 2. The van der Waals surface area contributed by atoms with Gasteiger partial charge in [-0.3, -0.25) is 14.5 Å². The number of amides is 2. The lowest BCUT2D eigenvalue weighted by atomic mass is 9.73. The molecule has 0 radical (unpaired) electrons. The minimum atomic E-state index is -0.151. The number of carbonyl (C=O) groups excluding carboxylic acids is 2. The zero-order valence-electron chi connectivity index (χ0n) is 17.8. The standard InChI is InChI=1S/C25H35NO2/c1-4-7-10-19-11-12-21-20(17-19)22(26-23(27)13-14-24(26)28)18-25(21,15-8-5-2)16-9-6-3/h11-14,17,22H,4-10,15-16,18H2,1-3H3/t22-/m0/s1. The maximum Gasteiger partial charge on any atom is 0.254 e. The number of benzene rings is 1. The van der Waals surface area contributed by atoms with E-state index in [0.29, 0.717) is 0 Å². The Labute approximate surface area is 170 Å². The molecule has 3 heteroatoms. The molecule has 1 aromatic rings. The SMILES string of the molecule is CCCCc1ccc2c(c1)[C@@H](N1C(=O)C=CC1=O)CC2(CCCC)CCCC. The number of hydrogen-bond acceptors (Lipinski definition) is 2. The van der Waals surface area contributed by atoms with Crippen LogP contribution < -0.4 is 0 Å². The van der Waals surface area contributed by atoms with E-state index in [2.05, 4.69) is 39.0 Å². The molecule has 0 N–H and O–H groups in total. The number of imide groups is 1. The van der Waals surface area contributed by atoms with Gasteiger partial charge in [0.25, 0.3) is 11.8 Å². The Hall–Kier alpha value is -1.90. The lowest BCUT2D eigenvalue weighted by Crippen LogP contribution is -2.34. The highest BCUT2D eigenvalue weighted by Gasteiger charge is 2.47. The van der Waals surface area contributed by atoms with Crippen molar-refractivity contribution >= 4 is 11.8 Å². The van der Waals surface area contributed by atoms with Gasteiger partial charge < -0.3 is 0 Å². The lowest BCUT2D eigenvalue weighted by molar-refractivity contribution is -0.139. The fourth-order valence-electron chi connectivity index (χ4n) is 5.08. The fraction of sp³-hybridized carbons (Fsp3) is 0.600. The largest absolute Gasteiger partial charge is 0.269 e. The van der Waals surface area contributed by atoms with Gasteiger partial charge in [0.2, 0.25) is 0 Å². The van der Waals surface area contributed by atoms with Crippen molar-refractivity contribution in [3.8, 4) is 0 Å². The van der Waals surface area contributed by atoms with Crippen molar-refractivity contribution in [2.45, 2.75) is 96.4 Å². The van der Waals surface area contributed by atoms with Crippen molar-refractivity contribution in [2.24, 2.45) is 0 Å². The van der Waals surface area contributed by atoms with E-state index >= 15 is 0 Å². The van der Waals surface area contributed by atoms with Gasteiger partial charge in [0.1, 0.15) is 0 Å². The molecule has 0 saturated carbocycles. The highest BCUT2D eigenvalue weighted by atomic mass is 16.2. The van der Waals surface area contributed by atoms with E-state index in [4.69, 9.17) is 0 Å². The van der Waals surface area contributed by atoms with E-state index in [9.17, 15) is 9.59 Å². The first-order valence-electron chi connectivity index (χ1n) is 11.2. The Kier molecular flexibility index (Phi) is 6.74. The van der Waals surface area contributed by atoms with Crippen molar-refractivity contribution in [3.05, 3.63) is 47.0 Å². The molecule has 28 heavy (non-hydrogen) atoms. The maximum atomic E-state index is 12.5. The van der Waals surface area contributed by atoms with Crippen LogP contribution in [0.5, 0.6) is 0 Å². The Morgan fingerprint density at radius 2 is 1.54 bits per heavy atom. The molecule has 1 aliphatic heterocycles. The van der Waals surface area contributed by atoms with Gasteiger partial charge in [-0.2, -0.15) is 0 Å². The van der Waals surface area contributed by atoms with Crippen LogP contribution in [0, 0.1) is 0 Å². The van der Waals surface area contributed by atoms with Crippen LogP contribution in [0.4, 0.5) is 0 Å². The summed E-state index contributed by atoms with van der Waals surface area (Å²) in [5, 5.41) is 0. The van der Waals surface area contributed by atoms with Crippen molar-refractivity contribution in [3.63, 3.8) is 0 Å². The maximum absolute atomic E-state index is 12.5. The molecule has 152 valence electrons. The van der Waals surface area contributed by atoms with Crippen LogP contribution >= 0.6 is 0 Å². The van der Waals surface area contributed by atoms with E-state index in [0.717, 1.165) is 25.7 Å². The minimum Gasteiger partial charge on any atom is -0.269 e. The van der Waals surface area contributed by atoms with Crippen molar-refractivity contribution in [1.82, 2.24) is 4.90 Å². The third-order valence-corrected chi connectivity index (χ3v) is 6.62. The highest BCUT2D eigenvalue weighted by Crippen LogP contribution is 2.53. The number of rotatable bonds is 10. The third kappa shape index (κ3) is 3.94. The van der Waals surface area contributed by atoms with E-state index in [1.165, 1.54) is 72.3 Å². The van der Waals surface area contributed by atoms with E-state index in [1.807, 2.05) is 0 Å². The molecule has 1 aromatic carbocycles. The molecular formula is C25H35NO2. The fourth-order valence-corrected chi connectivity index (χ4v) is 5.08. The Morgan fingerprint density at radius 3 is 2.11 bits per heavy atom. The van der Waals surface area contributed by atoms with Gasteiger partial charge in [-0.15, -0.1) is 0 Å². The summed E-state index contributed by atoms with van der Waals surface area (Å²) in [6, 6.07) is 6.80. The van der Waals surface area contributed by atoms with Gasteiger partial charge in [-0.1, -0.05) is 71.1 Å². The average molecular weight is 382 g/mol. The molecule has 3 nitrogen and oxygen atoms in total. The number of fused-ring (bicyclic) bond motifs is 1. The molecule has 1 atom stereocenters. The Balaban J connectivity index is 2.03. The van der Waals surface area contributed by atoms with Crippen molar-refractivity contribution < 1.29 is 9.59 Å². The molecule has 0 aromatic heterocycles. The van der Waals surface area contributed by atoms with Crippen LogP contribution in [0.25, 0.3) is 0 Å². The molecule has 0 spiro atoms. The normalized spacial score (nSPS) is 20.2. The first-order valence-corrected chi connectivity index (χ1v) is 11.2. The molecule has 2 amide bonds. The third-order valence-electron chi connectivity index (χ3n) is 6.62. The van der Waals surface area contributed by atoms with Crippen molar-refractivity contribution in [1.29, 1.82) is 0 Å². The average Bonchev–Trinajstić information content (AvgIpc) is 3.20. The first-order chi connectivity index (χ1) is 13.6. The Bertz CT molecular complexity index is 723. The zero-order valence-corrected chi connectivity index (χ0v) is 17.8. The summed E-state index contributed by atoms with van der Waals surface area (Å²) >= 11 is 0. The van der Waals surface area contributed by atoms with Crippen LogP contribution in [0.15, 0.2) is 30.4 Å². The predicted molar refractivity (Wildman–Crippen MR) is 114 cm³/mol. The summed E-state index contributed by atoms with van der Waals surface area (Å²) in [7, 11) is 0. The first kappa shape index (κ1) is 20.8. The number of nitrogens with zero attached hydrogens (tertiary/aromatic N) is 1. The van der Waals surface area contributed by atoms with Crippen molar-refractivity contribution in [2.75, 3.05) is 0 Å². The van der Waals surface area contributed by atoms with Gasteiger partial charge in [0, 0.05) is 12.2 Å². The molecule has 3 rings (SSSR count). The van der Waals surface area contributed by atoms with Gasteiger partial charge in [0.15, 0.2) is 0 Å². The van der Waals surface area contributed by atoms with Gasteiger partial charge in [0.05, 0.1) is 6.04 Å². The van der Waals surface area contributed by atoms with E-state index in [-0.39, 0.29) is 23.3 Å². The molecule has 0 saturated heterocycles. The highest BCUT2D eigenvalue weighted by molar-refractivity contribution is 6.13. The minimum absolute atomic E-state index is 0.0957. The molecule has 0 unspecified atom stereocenters. The monoisotopic (exact) mass is 381 g/mol. The zero-order chi connectivity index (χ0) is 20.1. The lowest BCUT2D eigenvalue weighted by Gasteiger charge is -2.32. The predicted octanol–water partition coefficient (Wildman–Crippen LogP) is 6.02. The molecular weight excluding hydrogens is 346 g/mol. The quantitative estimate of drug-likeness (QED) is 0.465. The molecule has 2 aliphatic rings. The summed E-state index contributed by atoms with van der Waals surface area (Å²) in [6.07, 6.45) is 14.2. The topological polar surface area (TPSA) is 37.4 Å². The second kappa shape index (κ2) is 9.07. The van der Waals surface area contributed by atoms with Crippen LogP contribution in [0.3, 0.4) is 0 Å². The summed E-state index contributed by atoms with van der Waals surface area (Å²) in [5.41, 5.74) is 4.05. The van der Waals surface area contributed by atoms with Crippen LogP contribution in [0.1, 0.15) is 101 Å². The Morgan fingerprint density at radius 1 is 0.929 bits per heavy atom. The molecule has 0 bridgehead atoms. The summed E-state index contributed by atoms with van der Waals surface area (Å²) in [6.45, 7) is 6.70. The molecule has 1 aliphatic carbocycles. The van der Waals surface area contributed by atoms with Crippen LogP contribution in [-0.2, 0) is 21.4 Å². The van der Waals surface area contributed by atoms with Gasteiger partial charge >= 0.3 is 0 Å². The number of aryl methyl sites for hydroxylation is 1.